The highest BCUT2D eigenvalue weighted by Crippen LogP contribution is 1.97. The molecule has 0 unspecified atom stereocenters. The molecule has 1 heterocycles. The van der Waals surface area contributed by atoms with Crippen molar-refractivity contribution in [2.75, 3.05) is 13.1 Å². The molecule has 76 valence electrons. The zero-order valence-electron chi connectivity index (χ0n) is 8.29. The molecule has 14 heavy (non-hydrogen) atoms. The molecule has 4 nitrogen and oxygen atoms in total. The minimum atomic E-state index is -0.137. The molecule has 1 aromatic heterocycles. The SMILES string of the molecule is Cc1cccc(C(=O)NCCCN)n1. The van der Waals surface area contributed by atoms with Gasteiger partial charge in [0.15, 0.2) is 0 Å². The molecule has 0 saturated carbocycles. The summed E-state index contributed by atoms with van der Waals surface area (Å²) in [6.45, 7) is 3.04. The van der Waals surface area contributed by atoms with Gasteiger partial charge in [-0.05, 0) is 32.0 Å². The lowest BCUT2D eigenvalue weighted by molar-refractivity contribution is 0.0948. The zero-order chi connectivity index (χ0) is 10.4. The fraction of sp³-hybridized carbons (Fsp3) is 0.400. The van der Waals surface area contributed by atoms with Crippen LogP contribution in [0.2, 0.25) is 0 Å². The van der Waals surface area contributed by atoms with E-state index in [9.17, 15) is 4.79 Å². The van der Waals surface area contributed by atoms with Gasteiger partial charge in [-0.1, -0.05) is 6.07 Å². The molecule has 0 radical (unpaired) electrons. The van der Waals surface area contributed by atoms with Gasteiger partial charge in [-0.2, -0.15) is 0 Å². The molecule has 1 aromatic rings. The molecule has 0 atom stereocenters. The smallest absolute Gasteiger partial charge is 0.269 e. The van der Waals surface area contributed by atoms with E-state index in [4.69, 9.17) is 5.73 Å². The molecule has 0 bridgehead atoms. The summed E-state index contributed by atoms with van der Waals surface area (Å²) in [5.74, 6) is -0.137. The minimum absolute atomic E-state index is 0.137. The van der Waals surface area contributed by atoms with Crippen molar-refractivity contribution in [1.29, 1.82) is 0 Å². The van der Waals surface area contributed by atoms with Crippen LogP contribution in [-0.4, -0.2) is 24.0 Å². The quantitative estimate of drug-likeness (QED) is 0.683. The Kier molecular flexibility index (Phi) is 4.07. The Hall–Kier alpha value is -1.42. The lowest BCUT2D eigenvalue weighted by Gasteiger charge is -2.03. The molecular formula is C10H15N3O. The van der Waals surface area contributed by atoms with E-state index in [-0.39, 0.29) is 5.91 Å². The zero-order valence-corrected chi connectivity index (χ0v) is 8.29. The summed E-state index contributed by atoms with van der Waals surface area (Å²) in [7, 11) is 0. The average molecular weight is 193 g/mol. The molecule has 0 fully saturated rings. The van der Waals surface area contributed by atoms with Crippen LogP contribution in [0.25, 0.3) is 0 Å². The maximum Gasteiger partial charge on any atom is 0.269 e. The summed E-state index contributed by atoms with van der Waals surface area (Å²) >= 11 is 0. The van der Waals surface area contributed by atoms with Crippen LogP contribution in [0.5, 0.6) is 0 Å². The number of aryl methyl sites for hydroxylation is 1. The van der Waals surface area contributed by atoms with Crippen molar-refractivity contribution in [3.63, 3.8) is 0 Å². The topological polar surface area (TPSA) is 68.0 Å². The molecule has 4 heteroatoms. The van der Waals surface area contributed by atoms with Crippen LogP contribution in [0.3, 0.4) is 0 Å². The summed E-state index contributed by atoms with van der Waals surface area (Å²) in [5, 5.41) is 2.75. The molecule has 1 rings (SSSR count). The number of rotatable bonds is 4. The predicted octanol–water partition coefficient (Wildman–Crippen LogP) is 0.469. The first-order valence-corrected chi connectivity index (χ1v) is 4.66. The van der Waals surface area contributed by atoms with Gasteiger partial charge in [0.25, 0.3) is 5.91 Å². The molecular weight excluding hydrogens is 178 g/mol. The Bertz CT molecular complexity index is 312. The van der Waals surface area contributed by atoms with Crippen LogP contribution >= 0.6 is 0 Å². The van der Waals surface area contributed by atoms with E-state index in [0.29, 0.717) is 18.8 Å². The Morgan fingerprint density at radius 2 is 2.36 bits per heavy atom. The van der Waals surface area contributed by atoms with Crippen LogP contribution in [-0.2, 0) is 0 Å². The summed E-state index contributed by atoms with van der Waals surface area (Å²) < 4.78 is 0. The molecule has 0 aliphatic rings. The van der Waals surface area contributed by atoms with E-state index in [2.05, 4.69) is 10.3 Å². The van der Waals surface area contributed by atoms with Crippen LogP contribution in [0, 0.1) is 6.92 Å². The standard InChI is InChI=1S/C10H15N3O/c1-8-4-2-5-9(13-8)10(14)12-7-3-6-11/h2,4-5H,3,6-7,11H2,1H3,(H,12,14). The normalized spacial score (nSPS) is 9.86. The highest BCUT2D eigenvalue weighted by atomic mass is 16.1. The lowest BCUT2D eigenvalue weighted by Crippen LogP contribution is -2.26. The Morgan fingerprint density at radius 1 is 1.57 bits per heavy atom. The van der Waals surface area contributed by atoms with E-state index in [1.54, 1.807) is 6.07 Å². The van der Waals surface area contributed by atoms with Crippen molar-refractivity contribution in [2.24, 2.45) is 5.73 Å². The average Bonchev–Trinajstić information content (AvgIpc) is 2.18. The van der Waals surface area contributed by atoms with Gasteiger partial charge in [-0.3, -0.25) is 4.79 Å². The van der Waals surface area contributed by atoms with Gasteiger partial charge < -0.3 is 11.1 Å². The van der Waals surface area contributed by atoms with Gasteiger partial charge in [0, 0.05) is 12.2 Å². The van der Waals surface area contributed by atoms with Gasteiger partial charge in [-0.25, -0.2) is 4.98 Å². The number of hydrogen-bond acceptors (Lipinski definition) is 3. The second-order valence-corrected chi connectivity index (χ2v) is 3.06. The molecule has 3 N–H and O–H groups in total. The van der Waals surface area contributed by atoms with Gasteiger partial charge >= 0.3 is 0 Å². The monoisotopic (exact) mass is 193 g/mol. The first-order chi connectivity index (χ1) is 6.74. The Labute approximate surface area is 83.5 Å². The number of nitrogens with one attached hydrogen (secondary N) is 1. The largest absolute Gasteiger partial charge is 0.351 e. The van der Waals surface area contributed by atoms with Crippen molar-refractivity contribution >= 4 is 5.91 Å². The van der Waals surface area contributed by atoms with E-state index in [1.807, 2.05) is 19.1 Å². The number of hydrogen-bond donors (Lipinski definition) is 2. The fourth-order valence-electron chi connectivity index (χ4n) is 1.06. The van der Waals surface area contributed by atoms with Gasteiger partial charge in [0.2, 0.25) is 0 Å². The molecule has 0 aliphatic carbocycles. The van der Waals surface area contributed by atoms with Crippen LogP contribution in [0.15, 0.2) is 18.2 Å². The summed E-state index contributed by atoms with van der Waals surface area (Å²) in [6.07, 6.45) is 0.789. The van der Waals surface area contributed by atoms with Crippen molar-refractivity contribution in [1.82, 2.24) is 10.3 Å². The summed E-state index contributed by atoms with van der Waals surface area (Å²) in [6, 6.07) is 5.38. The van der Waals surface area contributed by atoms with Crippen molar-refractivity contribution in [3.05, 3.63) is 29.6 Å². The van der Waals surface area contributed by atoms with Crippen molar-refractivity contribution in [2.45, 2.75) is 13.3 Å². The van der Waals surface area contributed by atoms with Crippen LogP contribution in [0.1, 0.15) is 22.6 Å². The van der Waals surface area contributed by atoms with Gasteiger partial charge in [-0.15, -0.1) is 0 Å². The highest BCUT2D eigenvalue weighted by molar-refractivity contribution is 5.92. The molecule has 0 spiro atoms. The second kappa shape index (κ2) is 5.34. The molecule has 0 saturated heterocycles. The number of nitrogens with zero attached hydrogens (tertiary/aromatic N) is 1. The van der Waals surface area contributed by atoms with Gasteiger partial charge in [0.1, 0.15) is 5.69 Å². The lowest BCUT2D eigenvalue weighted by atomic mass is 10.3. The number of aromatic nitrogens is 1. The fourth-order valence-corrected chi connectivity index (χ4v) is 1.06. The van der Waals surface area contributed by atoms with E-state index >= 15 is 0 Å². The number of carbonyl (C=O) groups excluding carboxylic acids is 1. The molecule has 0 aliphatic heterocycles. The third-order valence-corrected chi connectivity index (χ3v) is 1.79. The van der Waals surface area contributed by atoms with E-state index < -0.39 is 0 Å². The Morgan fingerprint density at radius 3 is 3.00 bits per heavy atom. The van der Waals surface area contributed by atoms with Crippen molar-refractivity contribution in [3.8, 4) is 0 Å². The number of amides is 1. The maximum absolute atomic E-state index is 11.5. The minimum Gasteiger partial charge on any atom is -0.351 e. The molecule has 0 aromatic carbocycles. The first-order valence-electron chi connectivity index (χ1n) is 4.66. The summed E-state index contributed by atoms with van der Waals surface area (Å²) in [4.78, 5) is 15.6. The van der Waals surface area contributed by atoms with Crippen LogP contribution < -0.4 is 11.1 Å². The number of pyridine rings is 1. The molecule has 1 amide bonds. The second-order valence-electron chi connectivity index (χ2n) is 3.06. The first kappa shape index (κ1) is 10.7. The number of carbonyl (C=O) groups is 1. The third kappa shape index (κ3) is 3.14. The highest BCUT2D eigenvalue weighted by Gasteiger charge is 2.04. The van der Waals surface area contributed by atoms with Gasteiger partial charge in [0.05, 0.1) is 0 Å². The van der Waals surface area contributed by atoms with Crippen LogP contribution in [0.4, 0.5) is 0 Å². The maximum atomic E-state index is 11.5. The number of nitrogens with two attached hydrogens (primary N) is 1. The third-order valence-electron chi connectivity index (χ3n) is 1.79. The predicted molar refractivity (Wildman–Crippen MR) is 55.0 cm³/mol. The van der Waals surface area contributed by atoms with E-state index in [0.717, 1.165) is 12.1 Å². The Balaban J connectivity index is 2.52. The summed E-state index contributed by atoms with van der Waals surface area (Å²) in [5.41, 5.74) is 6.61. The van der Waals surface area contributed by atoms with E-state index in [1.165, 1.54) is 0 Å². The van der Waals surface area contributed by atoms with Crippen molar-refractivity contribution < 1.29 is 4.79 Å².